The van der Waals surface area contributed by atoms with Crippen molar-refractivity contribution in [2.24, 2.45) is 11.0 Å². The molecule has 9 heteroatoms. The molecule has 2 N–H and O–H groups in total. The van der Waals surface area contributed by atoms with Crippen LogP contribution in [0.3, 0.4) is 0 Å². The maximum absolute atomic E-state index is 12.5. The summed E-state index contributed by atoms with van der Waals surface area (Å²) in [6.07, 6.45) is 3.97. The molecule has 0 radical (unpaired) electrons. The van der Waals surface area contributed by atoms with Crippen LogP contribution in [-0.4, -0.2) is 37.2 Å². The number of amides is 2. The quantitative estimate of drug-likeness (QED) is 0.286. The lowest BCUT2D eigenvalue weighted by Crippen LogP contribution is -2.32. The highest BCUT2D eigenvalue weighted by molar-refractivity contribution is 7.17. The summed E-state index contributed by atoms with van der Waals surface area (Å²) in [6, 6.07) is 7.14. The van der Waals surface area contributed by atoms with E-state index >= 15 is 0 Å². The molecule has 0 bridgehead atoms. The molecule has 170 valence electrons. The molecule has 0 saturated carbocycles. The summed E-state index contributed by atoms with van der Waals surface area (Å²) in [4.78, 5) is 38.2. The van der Waals surface area contributed by atoms with Gasteiger partial charge in [-0.1, -0.05) is 6.92 Å². The lowest BCUT2D eigenvalue weighted by molar-refractivity contribution is -0.136. The zero-order valence-corrected chi connectivity index (χ0v) is 19.2. The summed E-state index contributed by atoms with van der Waals surface area (Å²) < 4.78 is 10.6. The summed E-state index contributed by atoms with van der Waals surface area (Å²) in [5.74, 6) is -1.07. The SMILES string of the molecule is CCOC(=O)c1c(NC(=O)C(=O)NN=Cc2ccc(OCC)cc2)sc2c1CCC(C)C2. The highest BCUT2D eigenvalue weighted by Crippen LogP contribution is 2.40. The number of hydrazone groups is 1. The molecule has 1 aromatic carbocycles. The number of hydrogen-bond acceptors (Lipinski definition) is 7. The molecule has 3 rings (SSSR count). The third-order valence-electron chi connectivity index (χ3n) is 5.00. The number of fused-ring (bicyclic) bond motifs is 1. The van der Waals surface area contributed by atoms with Crippen LogP contribution in [0.15, 0.2) is 29.4 Å². The molecule has 2 aromatic rings. The monoisotopic (exact) mass is 457 g/mol. The maximum atomic E-state index is 12.5. The van der Waals surface area contributed by atoms with E-state index in [1.165, 1.54) is 17.6 Å². The molecule has 0 aliphatic heterocycles. The van der Waals surface area contributed by atoms with Crippen molar-refractivity contribution in [3.8, 4) is 5.75 Å². The molecule has 1 unspecified atom stereocenters. The molecule has 1 aromatic heterocycles. The molecule has 1 heterocycles. The summed E-state index contributed by atoms with van der Waals surface area (Å²) in [7, 11) is 0. The molecule has 2 amide bonds. The molecule has 0 spiro atoms. The number of esters is 1. The first-order valence-electron chi connectivity index (χ1n) is 10.6. The molecule has 8 nitrogen and oxygen atoms in total. The number of nitrogens with zero attached hydrogens (tertiary/aromatic N) is 1. The number of nitrogens with one attached hydrogen (secondary N) is 2. The third-order valence-corrected chi connectivity index (χ3v) is 6.17. The Labute approximate surface area is 191 Å². The van der Waals surface area contributed by atoms with E-state index in [9.17, 15) is 14.4 Å². The number of hydrogen-bond donors (Lipinski definition) is 2. The van der Waals surface area contributed by atoms with Gasteiger partial charge in [0.05, 0.1) is 25.0 Å². The van der Waals surface area contributed by atoms with Gasteiger partial charge in [-0.05, 0) is 74.4 Å². The minimum atomic E-state index is -0.929. The lowest BCUT2D eigenvalue weighted by atomic mass is 9.88. The van der Waals surface area contributed by atoms with E-state index in [0.29, 0.717) is 23.1 Å². The Bertz CT molecular complexity index is 1010. The van der Waals surface area contributed by atoms with Gasteiger partial charge in [-0.25, -0.2) is 10.2 Å². The Kier molecular flexibility index (Phi) is 7.99. The van der Waals surface area contributed by atoms with Gasteiger partial charge >= 0.3 is 17.8 Å². The van der Waals surface area contributed by atoms with Crippen molar-refractivity contribution in [2.75, 3.05) is 18.5 Å². The van der Waals surface area contributed by atoms with Crippen LogP contribution in [0.5, 0.6) is 5.75 Å². The first kappa shape index (κ1) is 23.5. The Morgan fingerprint density at radius 2 is 1.91 bits per heavy atom. The van der Waals surface area contributed by atoms with Gasteiger partial charge in [0.25, 0.3) is 0 Å². The zero-order valence-electron chi connectivity index (χ0n) is 18.4. The van der Waals surface area contributed by atoms with Crippen molar-refractivity contribution in [1.29, 1.82) is 0 Å². The molecule has 1 aliphatic carbocycles. The second-order valence-corrected chi connectivity index (χ2v) is 8.54. The average Bonchev–Trinajstić information content (AvgIpc) is 3.12. The zero-order chi connectivity index (χ0) is 23.1. The van der Waals surface area contributed by atoms with Crippen LogP contribution in [0.4, 0.5) is 5.00 Å². The molecule has 1 atom stereocenters. The largest absolute Gasteiger partial charge is 0.494 e. The van der Waals surface area contributed by atoms with Gasteiger partial charge in [-0.3, -0.25) is 9.59 Å². The minimum Gasteiger partial charge on any atom is -0.494 e. The standard InChI is InChI=1S/C23H27N3O5S/c1-4-30-16-9-7-15(8-10-16)13-24-26-21(28)20(27)25-22-19(23(29)31-5-2)17-11-6-14(3)12-18(17)32-22/h7-10,13-14H,4-6,11-12H2,1-3H3,(H,25,27)(H,26,28). The average molecular weight is 458 g/mol. The van der Waals surface area contributed by atoms with E-state index in [0.717, 1.165) is 41.0 Å². The number of benzene rings is 1. The molecule has 1 aliphatic rings. The van der Waals surface area contributed by atoms with E-state index in [4.69, 9.17) is 9.47 Å². The van der Waals surface area contributed by atoms with E-state index in [1.54, 1.807) is 31.2 Å². The second-order valence-electron chi connectivity index (χ2n) is 7.43. The molecule has 0 saturated heterocycles. The molecular weight excluding hydrogens is 430 g/mol. The fourth-order valence-electron chi connectivity index (χ4n) is 3.45. The molecule has 32 heavy (non-hydrogen) atoms. The van der Waals surface area contributed by atoms with Crippen LogP contribution in [-0.2, 0) is 27.2 Å². The van der Waals surface area contributed by atoms with Crippen LogP contribution in [0.2, 0.25) is 0 Å². The summed E-state index contributed by atoms with van der Waals surface area (Å²) in [5.41, 5.74) is 4.22. The van der Waals surface area contributed by atoms with Crippen molar-refractivity contribution in [1.82, 2.24) is 5.43 Å². The fraction of sp³-hybridized carbons (Fsp3) is 0.391. The van der Waals surface area contributed by atoms with Crippen LogP contribution in [0.25, 0.3) is 0 Å². The van der Waals surface area contributed by atoms with Gasteiger partial charge < -0.3 is 14.8 Å². The normalized spacial score (nSPS) is 15.2. The van der Waals surface area contributed by atoms with Crippen molar-refractivity contribution >= 4 is 40.3 Å². The Hall–Kier alpha value is -3.20. The van der Waals surface area contributed by atoms with Gasteiger partial charge in [0, 0.05) is 4.88 Å². The maximum Gasteiger partial charge on any atom is 0.341 e. The van der Waals surface area contributed by atoms with Crippen molar-refractivity contribution in [3.05, 3.63) is 45.8 Å². The van der Waals surface area contributed by atoms with Crippen molar-refractivity contribution < 1.29 is 23.9 Å². The Morgan fingerprint density at radius 1 is 1.16 bits per heavy atom. The smallest absolute Gasteiger partial charge is 0.341 e. The lowest BCUT2D eigenvalue weighted by Gasteiger charge is -2.18. The van der Waals surface area contributed by atoms with E-state index in [1.807, 2.05) is 6.92 Å². The van der Waals surface area contributed by atoms with Gasteiger partial charge in [-0.2, -0.15) is 5.10 Å². The van der Waals surface area contributed by atoms with Crippen LogP contribution < -0.4 is 15.5 Å². The predicted octanol–water partition coefficient (Wildman–Crippen LogP) is 3.54. The van der Waals surface area contributed by atoms with Gasteiger partial charge in [0.2, 0.25) is 0 Å². The summed E-state index contributed by atoms with van der Waals surface area (Å²) >= 11 is 1.33. The van der Waals surface area contributed by atoms with E-state index < -0.39 is 17.8 Å². The Balaban J connectivity index is 1.66. The topological polar surface area (TPSA) is 106 Å². The highest BCUT2D eigenvalue weighted by Gasteiger charge is 2.30. The summed E-state index contributed by atoms with van der Waals surface area (Å²) in [6.45, 7) is 6.59. The molecule has 0 fully saturated rings. The number of rotatable bonds is 7. The highest BCUT2D eigenvalue weighted by atomic mass is 32.1. The van der Waals surface area contributed by atoms with Crippen LogP contribution in [0, 0.1) is 5.92 Å². The number of anilines is 1. The third kappa shape index (κ3) is 5.73. The fourth-order valence-corrected chi connectivity index (χ4v) is 4.84. The second kappa shape index (κ2) is 10.9. The number of carbonyl (C=O) groups is 3. The molecular formula is C23H27N3O5S. The number of ether oxygens (including phenoxy) is 2. The van der Waals surface area contributed by atoms with Crippen molar-refractivity contribution in [3.63, 3.8) is 0 Å². The number of thiophene rings is 1. The first-order valence-corrected chi connectivity index (χ1v) is 11.4. The van der Waals surface area contributed by atoms with Crippen LogP contribution >= 0.6 is 11.3 Å². The van der Waals surface area contributed by atoms with Gasteiger partial charge in [0.1, 0.15) is 10.8 Å². The van der Waals surface area contributed by atoms with Crippen LogP contribution in [0.1, 0.15) is 53.6 Å². The first-order chi connectivity index (χ1) is 15.4. The predicted molar refractivity (Wildman–Crippen MR) is 123 cm³/mol. The van der Waals surface area contributed by atoms with Crippen molar-refractivity contribution in [2.45, 2.75) is 40.0 Å². The Morgan fingerprint density at radius 3 is 2.59 bits per heavy atom. The number of carbonyl (C=O) groups excluding carboxylic acids is 3. The van der Waals surface area contributed by atoms with Gasteiger partial charge in [0.15, 0.2) is 0 Å². The van der Waals surface area contributed by atoms with E-state index in [-0.39, 0.29) is 6.61 Å². The summed E-state index contributed by atoms with van der Waals surface area (Å²) in [5, 5.41) is 6.74. The minimum absolute atomic E-state index is 0.230. The van der Waals surface area contributed by atoms with E-state index in [2.05, 4.69) is 22.8 Å². The van der Waals surface area contributed by atoms with Gasteiger partial charge in [-0.15, -0.1) is 11.3 Å².